The van der Waals surface area contributed by atoms with E-state index in [-0.39, 0.29) is 9.77 Å². The normalized spacial score (nSPS) is 11.7. The molecule has 0 saturated heterocycles. The third-order valence-corrected chi connectivity index (χ3v) is 5.75. The van der Waals surface area contributed by atoms with Crippen molar-refractivity contribution in [2.75, 3.05) is 4.72 Å². The Morgan fingerprint density at radius 1 is 1.09 bits per heavy atom. The molecule has 0 radical (unpaired) electrons. The minimum absolute atomic E-state index is 0.115. The van der Waals surface area contributed by atoms with Crippen LogP contribution < -0.4 is 9.60 Å². The minimum atomic E-state index is -3.68. The molecule has 0 aliphatic rings. The summed E-state index contributed by atoms with van der Waals surface area (Å²) in [4.78, 5) is 11.7. The highest BCUT2D eigenvalue weighted by Crippen LogP contribution is 2.23. The van der Waals surface area contributed by atoms with Gasteiger partial charge in [-0.3, -0.25) is 9.52 Å². The molecule has 1 aromatic heterocycles. The predicted octanol–water partition coefficient (Wildman–Crippen LogP) is 2.71. The second-order valence-electron chi connectivity index (χ2n) is 5.03. The SMILES string of the molecule is Cc1ccc(NS(=O)(=O)c2ccc3c(c2)sc(=O)n3C)cc1. The van der Waals surface area contributed by atoms with Crippen LogP contribution in [0.2, 0.25) is 0 Å². The maximum absolute atomic E-state index is 12.4. The van der Waals surface area contributed by atoms with Gasteiger partial charge in [0.25, 0.3) is 10.0 Å². The molecule has 22 heavy (non-hydrogen) atoms. The van der Waals surface area contributed by atoms with Crippen molar-refractivity contribution in [1.82, 2.24) is 4.57 Å². The summed E-state index contributed by atoms with van der Waals surface area (Å²) < 4.78 is 29.6. The summed E-state index contributed by atoms with van der Waals surface area (Å²) in [5.74, 6) is 0. The first-order chi connectivity index (χ1) is 10.4. The molecule has 7 heteroatoms. The minimum Gasteiger partial charge on any atom is -0.302 e. The Kier molecular flexibility index (Phi) is 3.54. The van der Waals surface area contributed by atoms with Gasteiger partial charge in [-0.15, -0.1) is 0 Å². The van der Waals surface area contributed by atoms with Crippen LogP contribution in [0.1, 0.15) is 5.56 Å². The Morgan fingerprint density at radius 3 is 2.45 bits per heavy atom. The van der Waals surface area contributed by atoms with E-state index in [1.54, 1.807) is 25.2 Å². The lowest BCUT2D eigenvalue weighted by Gasteiger charge is -2.08. The van der Waals surface area contributed by atoms with Crippen LogP contribution in [0.15, 0.2) is 52.2 Å². The number of aryl methyl sites for hydroxylation is 2. The Morgan fingerprint density at radius 2 is 1.77 bits per heavy atom. The number of nitrogens with one attached hydrogen (secondary N) is 1. The van der Waals surface area contributed by atoms with Crippen LogP contribution >= 0.6 is 11.3 Å². The summed E-state index contributed by atoms with van der Waals surface area (Å²) in [5.41, 5.74) is 2.29. The van der Waals surface area contributed by atoms with Gasteiger partial charge in [0.05, 0.1) is 15.1 Å². The Bertz CT molecular complexity index is 999. The summed E-state index contributed by atoms with van der Waals surface area (Å²) >= 11 is 1.03. The third kappa shape index (κ3) is 2.65. The van der Waals surface area contributed by atoms with Gasteiger partial charge in [-0.05, 0) is 37.3 Å². The summed E-state index contributed by atoms with van der Waals surface area (Å²) in [6.45, 7) is 1.93. The Balaban J connectivity index is 2.01. The van der Waals surface area contributed by atoms with Gasteiger partial charge in [-0.1, -0.05) is 29.0 Å². The van der Waals surface area contributed by atoms with Gasteiger partial charge in [0, 0.05) is 12.7 Å². The van der Waals surface area contributed by atoms with E-state index in [9.17, 15) is 13.2 Å². The van der Waals surface area contributed by atoms with E-state index in [2.05, 4.69) is 4.72 Å². The van der Waals surface area contributed by atoms with Crippen LogP contribution in [0.5, 0.6) is 0 Å². The molecule has 0 aliphatic heterocycles. The Labute approximate surface area is 131 Å². The van der Waals surface area contributed by atoms with Gasteiger partial charge in [0.15, 0.2) is 0 Å². The second-order valence-corrected chi connectivity index (χ2v) is 7.70. The molecule has 1 N–H and O–H groups in total. The fourth-order valence-electron chi connectivity index (χ4n) is 2.12. The Hall–Kier alpha value is -2.12. The zero-order valence-corrected chi connectivity index (χ0v) is 13.7. The number of aromatic nitrogens is 1. The fourth-order valence-corrected chi connectivity index (χ4v) is 4.19. The number of sulfonamides is 1. The summed E-state index contributed by atoms with van der Waals surface area (Å²) in [7, 11) is -2.01. The standard InChI is InChI=1S/C15H14N2O3S2/c1-10-3-5-11(6-4-10)16-22(19,20)12-7-8-13-14(9-12)21-15(18)17(13)2/h3-9,16H,1-2H3. The largest absolute Gasteiger partial charge is 0.307 e. The van der Waals surface area contributed by atoms with Crippen LogP contribution in [-0.2, 0) is 17.1 Å². The number of hydrogen-bond acceptors (Lipinski definition) is 4. The molecule has 0 spiro atoms. The number of anilines is 1. The summed E-state index contributed by atoms with van der Waals surface area (Å²) in [6.07, 6.45) is 0. The second kappa shape index (κ2) is 5.26. The molecule has 114 valence electrons. The molecule has 0 fully saturated rings. The average molecular weight is 334 g/mol. The van der Waals surface area contributed by atoms with Crippen molar-refractivity contribution in [3.05, 3.63) is 57.7 Å². The van der Waals surface area contributed by atoms with E-state index in [1.807, 2.05) is 19.1 Å². The smallest absolute Gasteiger partial charge is 0.302 e. The van der Waals surface area contributed by atoms with E-state index >= 15 is 0 Å². The maximum Gasteiger partial charge on any atom is 0.307 e. The zero-order valence-electron chi connectivity index (χ0n) is 12.0. The maximum atomic E-state index is 12.4. The molecule has 0 bridgehead atoms. The van der Waals surface area contributed by atoms with E-state index < -0.39 is 10.0 Å². The molecule has 0 unspecified atom stereocenters. The van der Waals surface area contributed by atoms with Crippen molar-refractivity contribution in [2.45, 2.75) is 11.8 Å². The van der Waals surface area contributed by atoms with Crippen molar-refractivity contribution in [3.8, 4) is 0 Å². The van der Waals surface area contributed by atoms with E-state index in [0.717, 1.165) is 22.4 Å². The highest BCUT2D eigenvalue weighted by molar-refractivity contribution is 7.92. The molecule has 3 aromatic rings. The van der Waals surface area contributed by atoms with Crippen LogP contribution in [-0.4, -0.2) is 13.0 Å². The van der Waals surface area contributed by atoms with Crippen LogP contribution in [0, 0.1) is 6.92 Å². The first kappa shape index (κ1) is 14.8. The molecule has 3 rings (SSSR count). The molecule has 0 saturated carbocycles. The number of nitrogens with zero attached hydrogens (tertiary/aromatic N) is 1. The van der Waals surface area contributed by atoms with Gasteiger partial charge < -0.3 is 4.57 Å². The van der Waals surface area contributed by atoms with Gasteiger partial charge in [0.2, 0.25) is 0 Å². The van der Waals surface area contributed by atoms with Crippen molar-refractivity contribution >= 4 is 37.3 Å². The van der Waals surface area contributed by atoms with E-state index in [1.165, 1.54) is 16.7 Å². The molecular formula is C15H14N2O3S2. The van der Waals surface area contributed by atoms with Crippen molar-refractivity contribution in [2.24, 2.45) is 7.05 Å². The number of thiazole rings is 1. The predicted molar refractivity (Wildman–Crippen MR) is 89.1 cm³/mol. The zero-order chi connectivity index (χ0) is 15.9. The molecular weight excluding hydrogens is 320 g/mol. The molecule has 0 amide bonds. The average Bonchev–Trinajstić information content (AvgIpc) is 2.76. The van der Waals surface area contributed by atoms with Gasteiger partial charge in [0.1, 0.15) is 0 Å². The van der Waals surface area contributed by atoms with Gasteiger partial charge >= 0.3 is 4.87 Å². The van der Waals surface area contributed by atoms with Crippen molar-refractivity contribution < 1.29 is 8.42 Å². The first-order valence-corrected chi connectivity index (χ1v) is 8.86. The monoisotopic (exact) mass is 334 g/mol. The number of rotatable bonds is 3. The highest BCUT2D eigenvalue weighted by Gasteiger charge is 2.16. The molecule has 5 nitrogen and oxygen atoms in total. The van der Waals surface area contributed by atoms with Gasteiger partial charge in [-0.2, -0.15) is 0 Å². The molecule has 0 aliphatic carbocycles. The molecule has 2 aromatic carbocycles. The third-order valence-electron chi connectivity index (χ3n) is 3.38. The summed E-state index contributed by atoms with van der Waals surface area (Å²) in [5, 5.41) is 0. The topological polar surface area (TPSA) is 68.2 Å². The fraction of sp³-hybridized carbons (Fsp3) is 0.133. The van der Waals surface area contributed by atoms with Crippen LogP contribution in [0.3, 0.4) is 0 Å². The van der Waals surface area contributed by atoms with Crippen LogP contribution in [0.4, 0.5) is 5.69 Å². The number of benzene rings is 2. The lowest BCUT2D eigenvalue weighted by atomic mass is 10.2. The van der Waals surface area contributed by atoms with E-state index in [0.29, 0.717) is 10.4 Å². The molecule has 0 atom stereocenters. The quantitative estimate of drug-likeness (QED) is 0.801. The lowest BCUT2D eigenvalue weighted by molar-refractivity contribution is 0.601. The van der Waals surface area contributed by atoms with Crippen molar-refractivity contribution in [3.63, 3.8) is 0 Å². The van der Waals surface area contributed by atoms with Gasteiger partial charge in [-0.25, -0.2) is 8.42 Å². The van der Waals surface area contributed by atoms with Crippen molar-refractivity contribution in [1.29, 1.82) is 0 Å². The lowest BCUT2D eigenvalue weighted by Crippen LogP contribution is -2.12. The first-order valence-electron chi connectivity index (χ1n) is 6.56. The highest BCUT2D eigenvalue weighted by atomic mass is 32.2. The number of hydrogen-bond donors (Lipinski definition) is 1. The summed E-state index contributed by atoms with van der Waals surface area (Å²) in [6, 6.07) is 11.8. The van der Waals surface area contributed by atoms with Crippen LogP contribution in [0.25, 0.3) is 10.2 Å². The van der Waals surface area contributed by atoms with E-state index in [4.69, 9.17) is 0 Å². The molecule has 1 heterocycles. The number of fused-ring (bicyclic) bond motifs is 1.